The highest BCUT2D eigenvalue weighted by Gasteiger charge is 2.12. The summed E-state index contributed by atoms with van der Waals surface area (Å²) in [6.07, 6.45) is 0. The molecule has 0 aliphatic rings. The Morgan fingerprint density at radius 3 is 2.50 bits per heavy atom. The second-order valence-electron chi connectivity index (χ2n) is 4.92. The summed E-state index contributed by atoms with van der Waals surface area (Å²) >= 11 is 0. The van der Waals surface area contributed by atoms with E-state index in [1.165, 1.54) is 10.8 Å². The first-order chi connectivity index (χ1) is 9.79. The molecular weight excluding hydrogens is 244 g/mol. The first kappa shape index (κ1) is 12.7. The molecule has 100 valence electrons. The first-order valence-corrected chi connectivity index (χ1v) is 6.80. The molecule has 0 aliphatic carbocycles. The van der Waals surface area contributed by atoms with Crippen LogP contribution >= 0.6 is 0 Å². The van der Waals surface area contributed by atoms with E-state index in [1.54, 1.807) is 0 Å². The van der Waals surface area contributed by atoms with Crippen LogP contribution in [-0.4, -0.2) is 7.05 Å². The zero-order valence-electron chi connectivity index (χ0n) is 11.5. The van der Waals surface area contributed by atoms with Gasteiger partial charge in [0.2, 0.25) is 0 Å². The largest absolute Gasteiger partial charge is 0.388 e. The van der Waals surface area contributed by atoms with Crippen LogP contribution in [0.5, 0.6) is 0 Å². The van der Waals surface area contributed by atoms with Crippen molar-refractivity contribution in [2.45, 2.75) is 6.04 Å². The van der Waals surface area contributed by atoms with Gasteiger partial charge in [-0.1, -0.05) is 54.6 Å². The highest BCUT2D eigenvalue weighted by molar-refractivity contribution is 5.86. The van der Waals surface area contributed by atoms with Crippen molar-refractivity contribution in [1.29, 1.82) is 0 Å². The summed E-state index contributed by atoms with van der Waals surface area (Å²) < 4.78 is 0. The van der Waals surface area contributed by atoms with Crippen molar-refractivity contribution >= 4 is 16.5 Å². The average molecular weight is 262 g/mol. The summed E-state index contributed by atoms with van der Waals surface area (Å²) in [5.74, 6) is 0. The Kier molecular flexibility index (Phi) is 3.40. The van der Waals surface area contributed by atoms with Gasteiger partial charge >= 0.3 is 0 Å². The predicted octanol–water partition coefficient (Wildman–Crippen LogP) is 3.93. The molecule has 0 amide bonds. The minimum Gasteiger partial charge on any atom is -0.388 e. The Balaban J connectivity index is 2.10. The summed E-state index contributed by atoms with van der Waals surface area (Å²) in [5.41, 5.74) is 9.84. The second-order valence-corrected chi connectivity index (χ2v) is 4.92. The fourth-order valence-electron chi connectivity index (χ4n) is 2.59. The van der Waals surface area contributed by atoms with Crippen LogP contribution in [0.1, 0.15) is 17.2 Å². The van der Waals surface area contributed by atoms with Gasteiger partial charge in [0.05, 0.1) is 6.04 Å². The van der Waals surface area contributed by atoms with Gasteiger partial charge in [-0.25, -0.2) is 0 Å². The third kappa shape index (κ3) is 2.26. The van der Waals surface area contributed by atoms with Crippen molar-refractivity contribution in [3.63, 3.8) is 0 Å². The highest BCUT2D eigenvalue weighted by atomic mass is 14.8. The van der Waals surface area contributed by atoms with Gasteiger partial charge in [-0.2, -0.15) is 0 Å². The summed E-state index contributed by atoms with van der Waals surface area (Å²) in [5, 5.41) is 5.60. The lowest BCUT2D eigenvalue weighted by Crippen LogP contribution is -2.12. The fraction of sp³-hybridized carbons (Fsp3) is 0.111. The molecule has 1 atom stereocenters. The van der Waals surface area contributed by atoms with Crippen LogP contribution in [0.4, 0.5) is 5.69 Å². The van der Waals surface area contributed by atoms with E-state index in [0.717, 1.165) is 16.8 Å². The normalized spacial score (nSPS) is 12.3. The number of nitrogens with two attached hydrogens (primary N) is 1. The van der Waals surface area contributed by atoms with E-state index in [0.29, 0.717) is 0 Å². The van der Waals surface area contributed by atoms with Gasteiger partial charge in [-0.05, 0) is 34.0 Å². The molecule has 0 spiro atoms. The molecule has 0 radical (unpaired) electrons. The molecule has 0 heterocycles. The van der Waals surface area contributed by atoms with E-state index in [1.807, 2.05) is 19.2 Å². The number of hydrogen-bond acceptors (Lipinski definition) is 2. The summed E-state index contributed by atoms with van der Waals surface area (Å²) in [6, 6.07) is 22.8. The lowest BCUT2D eigenvalue weighted by molar-refractivity contribution is 0.881. The molecule has 2 nitrogen and oxygen atoms in total. The van der Waals surface area contributed by atoms with E-state index in [4.69, 9.17) is 5.73 Å². The van der Waals surface area contributed by atoms with Gasteiger partial charge in [-0.15, -0.1) is 0 Å². The fourth-order valence-corrected chi connectivity index (χ4v) is 2.59. The number of hydrogen-bond donors (Lipinski definition) is 2. The monoisotopic (exact) mass is 262 g/mol. The number of anilines is 1. The van der Waals surface area contributed by atoms with Gasteiger partial charge in [0.25, 0.3) is 0 Å². The Labute approximate surface area is 119 Å². The van der Waals surface area contributed by atoms with Crippen molar-refractivity contribution in [1.82, 2.24) is 0 Å². The van der Waals surface area contributed by atoms with Crippen LogP contribution in [0.15, 0.2) is 66.7 Å². The Morgan fingerprint density at radius 2 is 1.65 bits per heavy atom. The second kappa shape index (κ2) is 5.35. The lowest BCUT2D eigenvalue weighted by atomic mass is 9.94. The van der Waals surface area contributed by atoms with E-state index in [9.17, 15) is 0 Å². The van der Waals surface area contributed by atoms with Crippen molar-refractivity contribution < 1.29 is 0 Å². The molecular formula is C18H18N2. The maximum atomic E-state index is 6.48. The minimum atomic E-state index is -0.116. The molecule has 1 unspecified atom stereocenters. The van der Waals surface area contributed by atoms with E-state index in [2.05, 4.69) is 59.9 Å². The van der Waals surface area contributed by atoms with Crippen LogP contribution in [0.25, 0.3) is 10.8 Å². The molecule has 3 aromatic rings. The van der Waals surface area contributed by atoms with E-state index < -0.39 is 0 Å². The average Bonchev–Trinajstić information content (AvgIpc) is 2.53. The number of benzene rings is 3. The molecule has 0 fully saturated rings. The van der Waals surface area contributed by atoms with Crippen LogP contribution in [0.3, 0.4) is 0 Å². The van der Waals surface area contributed by atoms with Gasteiger partial charge in [0.15, 0.2) is 0 Å². The Hall–Kier alpha value is -2.32. The van der Waals surface area contributed by atoms with Gasteiger partial charge in [-0.3, -0.25) is 0 Å². The molecule has 0 saturated heterocycles. The predicted molar refractivity (Wildman–Crippen MR) is 86.0 cm³/mol. The topological polar surface area (TPSA) is 38.0 Å². The summed E-state index contributed by atoms with van der Waals surface area (Å²) in [7, 11) is 1.92. The molecule has 3 aromatic carbocycles. The Bertz CT molecular complexity index is 729. The van der Waals surface area contributed by atoms with Gasteiger partial charge in [0.1, 0.15) is 0 Å². The van der Waals surface area contributed by atoms with Crippen LogP contribution in [0, 0.1) is 0 Å². The quantitative estimate of drug-likeness (QED) is 0.750. The van der Waals surface area contributed by atoms with E-state index >= 15 is 0 Å². The van der Waals surface area contributed by atoms with Crippen LogP contribution in [0.2, 0.25) is 0 Å². The standard InChI is InChI=1S/C18H18N2/c1-20-15-9-4-8-14(12-15)18(19)17-11-5-7-13-6-2-3-10-16(13)17/h2-12,18,20H,19H2,1H3. The minimum absolute atomic E-state index is 0.116. The number of rotatable bonds is 3. The van der Waals surface area contributed by atoms with Crippen molar-refractivity contribution in [3.8, 4) is 0 Å². The smallest absolute Gasteiger partial charge is 0.0558 e. The van der Waals surface area contributed by atoms with Crippen LogP contribution < -0.4 is 11.1 Å². The first-order valence-electron chi connectivity index (χ1n) is 6.80. The Morgan fingerprint density at radius 1 is 0.900 bits per heavy atom. The SMILES string of the molecule is CNc1cccc(C(N)c2cccc3ccccc23)c1. The maximum Gasteiger partial charge on any atom is 0.0558 e. The van der Waals surface area contributed by atoms with E-state index in [-0.39, 0.29) is 6.04 Å². The molecule has 2 heteroatoms. The molecule has 3 rings (SSSR count). The lowest BCUT2D eigenvalue weighted by Gasteiger charge is -2.16. The highest BCUT2D eigenvalue weighted by Crippen LogP contribution is 2.28. The molecule has 0 aliphatic heterocycles. The maximum absolute atomic E-state index is 6.48. The van der Waals surface area contributed by atoms with Crippen molar-refractivity contribution in [2.75, 3.05) is 12.4 Å². The number of fused-ring (bicyclic) bond motifs is 1. The third-order valence-electron chi connectivity index (χ3n) is 3.69. The van der Waals surface area contributed by atoms with Crippen molar-refractivity contribution in [3.05, 3.63) is 77.9 Å². The molecule has 20 heavy (non-hydrogen) atoms. The molecule has 0 saturated carbocycles. The summed E-state index contributed by atoms with van der Waals surface area (Å²) in [6.45, 7) is 0. The molecule has 0 bridgehead atoms. The van der Waals surface area contributed by atoms with Gasteiger partial charge in [0, 0.05) is 12.7 Å². The number of nitrogens with one attached hydrogen (secondary N) is 1. The zero-order chi connectivity index (χ0) is 13.9. The third-order valence-corrected chi connectivity index (χ3v) is 3.69. The van der Waals surface area contributed by atoms with Gasteiger partial charge < -0.3 is 11.1 Å². The molecule has 3 N–H and O–H groups in total. The molecule has 0 aromatic heterocycles. The zero-order valence-corrected chi connectivity index (χ0v) is 11.5. The van der Waals surface area contributed by atoms with Crippen molar-refractivity contribution in [2.24, 2.45) is 5.73 Å². The summed E-state index contributed by atoms with van der Waals surface area (Å²) in [4.78, 5) is 0. The van der Waals surface area contributed by atoms with Crippen LogP contribution in [-0.2, 0) is 0 Å².